The summed E-state index contributed by atoms with van der Waals surface area (Å²) in [6.07, 6.45) is 0.804. The first-order valence-electron chi connectivity index (χ1n) is 14.4. The van der Waals surface area contributed by atoms with E-state index in [0.29, 0.717) is 18.7 Å². The first-order chi connectivity index (χ1) is 20.7. The standard InChI is InChI=1S/C28H36N4O4S.C2HF3O2/c1-3-37(34,35)32-12-8-19(9-13-32)25-17-30-27-23(25)15-21(16-24(27)28(29)33)20-6-7-26(36-2)22(14-20)18-31-10-4-5-11-31;3-2(4,5)1(6)7/h6-7,14-17,19,30H,3-5,8-13,18H2,1-2H3,(H2,29,33);(H,6,7). The first-order valence-corrected chi connectivity index (χ1v) is 16.0. The van der Waals surface area contributed by atoms with Crippen LogP contribution in [0.2, 0.25) is 0 Å². The summed E-state index contributed by atoms with van der Waals surface area (Å²) in [6.45, 7) is 5.72. The number of carbonyl (C=O) groups excluding carboxylic acids is 1. The third-order valence-electron chi connectivity index (χ3n) is 8.19. The predicted octanol–water partition coefficient (Wildman–Crippen LogP) is 4.70. The number of nitrogens with one attached hydrogen (secondary N) is 1. The molecule has 0 aliphatic carbocycles. The maximum atomic E-state index is 12.5. The Labute approximate surface area is 254 Å². The number of aromatic amines is 1. The van der Waals surface area contributed by atoms with Gasteiger partial charge < -0.3 is 20.6 Å². The Bertz CT molecular complexity index is 1610. The second-order valence-corrected chi connectivity index (χ2v) is 13.2. The van der Waals surface area contributed by atoms with Gasteiger partial charge in [-0.15, -0.1) is 0 Å². The van der Waals surface area contributed by atoms with Gasteiger partial charge in [0, 0.05) is 36.8 Å². The number of carboxylic acid groups (broad SMARTS) is 1. The zero-order valence-corrected chi connectivity index (χ0v) is 25.4. The normalized spacial score (nSPS) is 16.9. The number of fused-ring (bicyclic) bond motifs is 1. The largest absolute Gasteiger partial charge is 0.496 e. The van der Waals surface area contributed by atoms with E-state index in [1.54, 1.807) is 18.3 Å². The molecule has 3 aromatic rings. The zero-order chi connectivity index (χ0) is 32.2. The van der Waals surface area contributed by atoms with E-state index < -0.39 is 28.1 Å². The molecule has 3 heterocycles. The number of ether oxygens (including phenoxy) is 1. The fourth-order valence-electron chi connectivity index (χ4n) is 5.84. The minimum atomic E-state index is -5.08. The molecule has 1 amide bonds. The quantitative estimate of drug-likeness (QED) is 0.324. The zero-order valence-electron chi connectivity index (χ0n) is 24.6. The molecule has 0 saturated carbocycles. The molecule has 5 rings (SSSR count). The molecule has 44 heavy (non-hydrogen) atoms. The monoisotopic (exact) mass is 638 g/mol. The van der Waals surface area contributed by atoms with Crippen molar-refractivity contribution in [3.8, 4) is 16.9 Å². The molecular weight excluding hydrogens is 601 g/mol. The second-order valence-electron chi connectivity index (χ2n) is 10.9. The van der Waals surface area contributed by atoms with Gasteiger partial charge in [0.2, 0.25) is 10.0 Å². The van der Waals surface area contributed by atoms with E-state index in [-0.39, 0.29) is 11.7 Å². The number of nitrogens with two attached hydrogens (primary N) is 1. The number of hydrogen-bond donors (Lipinski definition) is 3. The van der Waals surface area contributed by atoms with Gasteiger partial charge >= 0.3 is 12.1 Å². The highest BCUT2D eigenvalue weighted by Crippen LogP contribution is 2.38. The van der Waals surface area contributed by atoms with Crippen LogP contribution >= 0.6 is 0 Å². The SMILES string of the molecule is CCS(=O)(=O)N1CCC(c2c[nH]c3c(C(N)=O)cc(-c4ccc(OC)c(CN5CCCC5)c4)cc23)CC1.O=C(O)C(F)(F)F. The number of carboxylic acids is 1. The fourth-order valence-corrected chi connectivity index (χ4v) is 6.97. The molecule has 14 heteroatoms. The van der Waals surface area contributed by atoms with Gasteiger partial charge in [-0.1, -0.05) is 6.07 Å². The number of likely N-dealkylation sites (tertiary alicyclic amines) is 1. The highest BCUT2D eigenvalue weighted by atomic mass is 32.2. The van der Waals surface area contributed by atoms with Crippen LogP contribution in [0.1, 0.15) is 60.0 Å². The third-order valence-corrected chi connectivity index (χ3v) is 10.1. The maximum absolute atomic E-state index is 12.5. The summed E-state index contributed by atoms with van der Waals surface area (Å²) in [4.78, 5) is 27.1. The molecule has 0 atom stereocenters. The fraction of sp³-hybridized carbons (Fsp3) is 0.467. The maximum Gasteiger partial charge on any atom is 0.490 e. The lowest BCUT2D eigenvalue weighted by atomic mass is 9.88. The smallest absolute Gasteiger partial charge is 0.490 e. The summed E-state index contributed by atoms with van der Waals surface area (Å²) >= 11 is 0. The molecule has 0 radical (unpaired) electrons. The predicted molar refractivity (Wildman–Crippen MR) is 160 cm³/mol. The van der Waals surface area contributed by atoms with Crippen molar-refractivity contribution in [1.82, 2.24) is 14.2 Å². The Balaban J connectivity index is 0.000000566. The highest BCUT2D eigenvalue weighted by molar-refractivity contribution is 7.89. The number of nitrogens with zero attached hydrogens (tertiary/aromatic N) is 2. The minimum Gasteiger partial charge on any atom is -0.496 e. The van der Waals surface area contributed by atoms with Crippen LogP contribution in [0.25, 0.3) is 22.0 Å². The van der Waals surface area contributed by atoms with Gasteiger partial charge in [0.15, 0.2) is 0 Å². The van der Waals surface area contributed by atoms with Crippen LogP contribution in [0, 0.1) is 0 Å². The summed E-state index contributed by atoms with van der Waals surface area (Å²) in [5.74, 6) is -2.04. The summed E-state index contributed by atoms with van der Waals surface area (Å²) in [7, 11) is -1.49. The molecule has 0 spiro atoms. The van der Waals surface area contributed by atoms with Crippen molar-refractivity contribution in [1.29, 1.82) is 0 Å². The number of rotatable bonds is 8. The van der Waals surface area contributed by atoms with E-state index in [9.17, 15) is 26.4 Å². The number of primary amides is 1. The average molecular weight is 639 g/mol. The molecule has 0 bridgehead atoms. The van der Waals surface area contributed by atoms with Crippen LogP contribution < -0.4 is 10.5 Å². The molecule has 2 saturated heterocycles. The number of amides is 1. The summed E-state index contributed by atoms with van der Waals surface area (Å²) in [5, 5.41) is 8.10. The molecule has 2 fully saturated rings. The minimum absolute atomic E-state index is 0.123. The van der Waals surface area contributed by atoms with Gasteiger partial charge in [0.1, 0.15) is 5.75 Å². The lowest BCUT2D eigenvalue weighted by Gasteiger charge is -2.31. The van der Waals surface area contributed by atoms with Crippen LogP contribution in [0.15, 0.2) is 36.5 Å². The van der Waals surface area contributed by atoms with Crippen LogP contribution in [0.3, 0.4) is 0 Å². The molecule has 1 aromatic heterocycles. The molecule has 2 aliphatic rings. The lowest BCUT2D eigenvalue weighted by molar-refractivity contribution is -0.192. The number of carbonyl (C=O) groups is 2. The van der Waals surface area contributed by atoms with Crippen LogP contribution in [-0.4, -0.2) is 84.8 Å². The second kappa shape index (κ2) is 13.6. The van der Waals surface area contributed by atoms with Crippen molar-refractivity contribution in [2.24, 2.45) is 5.73 Å². The summed E-state index contributed by atoms with van der Waals surface area (Å²) in [5.41, 5.74) is 11.2. The number of alkyl halides is 3. The van der Waals surface area contributed by atoms with Crippen molar-refractivity contribution in [3.05, 3.63) is 53.2 Å². The van der Waals surface area contributed by atoms with Gasteiger partial charge in [-0.2, -0.15) is 13.2 Å². The van der Waals surface area contributed by atoms with Crippen molar-refractivity contribution in [2.75, 3.05) is 39.0 Å². The number of piperidine rings is 1. The van der Waals surface area contributed by atoms with Crippen LogP contribution in [0.4, 0.5) is 13.2 Å². The number of methoxy groups -OCH3 is 1. The molecule has 10 nitrogen and oxygen atoms in total. The molecular formula is C30H37F3N4O6S. The Morgan fingerprint density at radius 1 is 1.07 bits per heavy atom. The summed E-state index contributed by atoms with van der Waals surface area (Å²) < 4.78 is 63.6. The van der Waals surface area contributed by atoms with Gasteiger partial charge in [-0.25, -0.2) is 17.5 Å². The average Bonchev–Trinajstić information content (AvgIpc) is 3.66. The number of aliphatic carboxylic acids is 1. The molecule has 2 aliphatic heterocycles. The Morgan fingerprint density at radius 3 is 2.25 bits per heavy atom. The number of H-pyrrole nitrogens is 1. The van der Waals surface area contributed by atoms with Crippen molar-refractivity contribution < 1.29 is 41.0 Å². The molecule has 240 valence electrons. The van der Waals surface area contributed by atoms with Crippen molar-refractivity contribution >= 4 is 32.8 Å². The Morgan fingerprint density at radius 2 is 1.70 bits per heavy atom. The Hall–Kier alpha value is -3.62. The number of sulfonamides is 1. The third kappa shape index (κ3) is 7.53. The van der Waals surface area contributed by atoms with E-state index >= 15 is 0 Å². The number of halogens is 3. The van der Waals surface area contributed by atoms with Crippen LogP contribution in [0.5, 0.6) is 5.75 Å². The first kappa shape index (κ1) is 33.3. The van der Waals surface area contributed by atoms with Crippen molar-refractivity contribution in [2.45, 2.75) is 51.2 Å². The van der Waals surface area contributed by atoms with E-state index in [1.165, 1.54) is 12.8 Å². The van der Waals surface area contributed by atoms with E-state index in [4.69, 9.17) is 20.4 Å². The lowest BCUT2D eigenvalue weighted by Crippen LogP contribution is -2.38. The number of aromatic nitrogens is 1. The molecule has 2 aromatic carbocycles. The highest BCUT2D eigenvalue weighted by Gasteiger charge is 2.38. The van der Waals surface area contributed by atoms with E-state index in [1.807, 2.05) is 24.4 Å². The topological polar surface area (TPSA) is 146 Å². The molecule has 0 unspecified atom stereocenters. The van der Waals surface area contributed by atoms with Gasteiger partial charge in [0.05, 0.1) is 23.9 Å². The van der Waals surface area contributed by atoms with Gasteiger partial charge in [-0.3, -0.25) is 9.69 Å². The van der Waals surface area contributed by atoms with E-state index in [0.717, 1.165) is 71.4 Å². The number of benzene rings is 2. The molecule has 4 N–H and O–H groups in total. The van der Waals surface area contributed by atoms with Gasteiger partial charge in [0.25, 0.3) is 5.91 Å². The number of hydrogen-bond acceptors (Lipinski definition) is 6. The van der Waals surface area contributed by atoms with Crippen molar-refractivity contribution in [3.63, 3.8) is 0 Å². The summed E-state index contributed by atoms with van der Waals surface area (Å²) in [6, 6.07) is 10.2. The van der Waals surface area contributed by atoms with Crippen LogP contribution in [-0.2, 0) is 21.4 Å². The Kier molecular flexibility index (Phi) is 10.3. The van der Waals surface area contributed by atoms with Gasteiger partial charge in [-0.05, 0) is 92.6 Å². The van der Waals surface area contributed by atoms with E-state index in [2.05, 4.69) is 22.0 Å².